The van der Waals surface area contributed by atoms with Gasteiger partial charge in [-0.3, -0.25) is 4.79 Å². The number of nitrogens with zero attached hydrogens (tertiary/aromatic N) is 1. The molecule has 120 valence electrons. The van der Waals surface area contributed by atoms with Crippen LogP contribution in [0.5, 0.6) is 11.5 Å². The van der Waals surface area contributed by atoms with Gasteiger partial charge in [-0.25, -0.2) is 0 Å². The Morgan fingerprint density at radius 1 is 1.26 bits per heavy atom. The van der Waals surface area contributed by atoms with Crippen LogP contribution in [0.1, 0.15) is 24.2 Å². The van der Waals surface area contributed by atoms with Crippen LogP contribution in [0.25, 0.3) is 0 Å². The number of hydrogen-bond acceptors (Lipinski definition) is 4. The molecule has 1 aliphatic heterocycles. The summed E-state index contributed by atoms with van der Waals surface area (Å²) in [6.07, 6.45) is -0.697. The number of ether oxygens (including phenoxy) is 2. The highest BCUT2D eigenvalue weighted by Gasteiger charge is 2.36. The molecular formula is C18H19NO4. The topological polar surface area (TPSA) is 59.0 Å². The first-order valence-electron chi connectivity index (χ1n) is 7.54. The van der Waals surface area contributed by atoms with Crippen molar-refractivity contribution in [1.29, 1.82) is 0 Å². The third kappa shape index (κ3) is 2.64. The van der Waals surface area contributed by atoms with E-state index in [0.717, 1.165) is 5.56 Å². The molecule has 0 fully saturated rings. The molecule has 0 aliphatic carbocycles. The number of likely N-dealkylation sites (N-methyl/N-ethyl adjacent to an activating group) is 1. The summed E-state index contributed by atoms with van der Waals surface area (Å²) in [6.45, 7) is 2.29. The predicted molar refractivity (Wildman–Crippen MR) is 86.8 cm³/mol. The molecule has 1 aliphatic rings. The van der Waals surface area contributed by atoms with Gasteiger partial charge in [0.25, 0.3) is 5.91 Å². The maximum absolute atomic E-state index is 12.8. The van der Waals surface area contributed by atoms with Crippen LogP contribution in [0.4, 0.5) is 5.69 Å². The van der Waals surface area contributed by atoms with Gasteiger partial charge in [0.05, 0.1) is 19.4 Å². The maximum Gasteiger partial charge on any atom is 0.272 e. The van der Waals surface area contributed by atoms with E-state index in [4.69, 9.17) is 9.47 Å². The van der Waals surface area contributed by atoms with Gasteiger partial charge in [0.2, 0.25) is 6.10 Å². The van der Waals surface area contributed by atoms with Crippen LogP contribution >= 0.6 is 0 Å². The fourth-order valence-corrected chi connectivity index (χ4v) is 2.80. The summed E-state index contributed by atoms with van der Waals surface area (Å²) in [5.41, 5.74) is 2.11. The summed E-state index contributed by atoms with van der Waals surface area (Å²) >= 11 is 0. The molecule has 3 rings (SSSR count). The number of amides is 1. The molecule has 1 amide bonds. The number of rotatable bonds is 4. The second kappa shape index (κ2) is 6.30. The van der Waals surface area contributed by atoms with Crippen LogP contribution in [0.15, 0.2) is 42.5 Å². The fraction of sp³-hybridized carbons (Fsp3) is 0.278. The first-order chi connectivity index (χ1) is 11.2. The van der Waals surface area contributed by atoms with E-state index in [0.29, 0.717) is 29.3 Å². The molecule has 0 aromatic heterocycles. The van der Waals surface area contributed by atoms with Crippen LogP contribution in [0, 0.1) is 0 Å². The zero-order valence-electron chi connectivity index (χ0n) is 13.2. The Hall–Kier alpha value is -2.53. The molecule has 5 heteroatoms. The molecule has 1 atom stereocenters. The number of benzene rings is 2. The number of carbonyl (C=O) groups is 1. The van der Waals surface area contributed by atoms with E-state index in [-0.39, 0.29) is 12.5 Å². The monoisotopic (exact) mass is 313 g/mol. The molecule has 5 nitrogen and oxygen atoms in total. The minimum Gasteiger partial charge on any atom is -0.493 e. The lowest BCUT2D eigenvalue weighted by Gasteiger charge is -2.35. The molecular weight excluding hydrogens is 294 g/mol. The molecule has 1 unspecified atom stereocenters. The van der Waals surface area contributed by atoms with Crippen LogP contribution in [0.3, 0.4) is 0 Å². The molecule has 2 aromatic carbocycles. The summed E-state index contributed by atoms with van der Waals surface area (Å²) in [5, 5.41) is 9.41. The molecule has 0 bridgehead atoms. The van der Waals surface area contributed by atoms with Gasteiger partial charge in [0, 0.05) is 12.1 Å². The SMILES string of the molecule is CCN1C(=O)C(c2ccccc2)Oc2c(OC)cc(CO)cc21. The van der Waals surface area contributed by atoms with Crippen molar-refractivity contribution in [2.45, 2.75) is 19.6 Å². The van der Waals surface area contributed by atoms with E-state index in [1.165, 1.54) is 0 Å². The Kier molecular flexibility index (Phi) is 4.21. The van der Waals surface area contributed by atoms with Crippen LogP contribution < -0.4 is 14.4 Å². The van der Waals surface area contributed by atoms with Crippen LogP contribution in [-0.2, 0) is 11.4 Å². The number of hydrogen-bond donors (Lipinski definition) is 1. The van der Waals surface area contributed by atoms with E-state index in [1.54, 1.807) is 24.1 Å². The fourth-order valence-electron chi connectivity index (χ4n) is 2.80. The average molecular weight is 313 g/mol. The Balaban J connectivity index is 2.12. The largest absolute Gasteiger partial charge is 0.493 e. The second-order valence-electron chi connectivity index (χ2n) is 5.30. The highest BCUT2D eigenvalue weighted by molar-refractivity contribution is 6.01. The number of aliphatic hydroxyl groups excluding tert-OH is 1. The van der Waals surface area contributed by atoms with Crippen molar-refractivity contribution < 1.29 is 19.4 Å². The minimum atomic E-state index is -0.697. The van der Waals surface area contributed by atoms with Crippen molar-refractivity contribution in [2.24, 2.45) is 0 Å². The first kappa shape index (κ1) is 15.4. The summed E-state index contributed by atoms with van der Waals surface area (Å²) in [5.74, 6) is 0.918. The summed E-state index contributed by atoms with van der Waals surface area (Å²) in [4.78, 5) is 14.5. The Labute approximate surface area is 135 Å². The Morgan fingerprint density at radius 3 is 2.61 bits per heavy atom. The van der Waals surface area contributed by atoms with Gasteiger partial charge in [0.15, 0.2) is 11.5 Å². The standard InChI is InChI=1S/C18H19NO4/c1-3-19-14-9-12(11-20)10-15(22-2)17(14)23-16(18(19)21)13-7-5-4-6-8-13/h4-10,16,20H,3,11H2,1-2H3. The second-order valence-corrected chi connectivity index (χ2v) is 5.30. The number of aliphatic hydroxyl groups is 1. The molecule has 2 aromatic rings. The third-order valence-electron chi connectivity index (χ3n) is 3.93. The molecule has 1 heterocycles. The van der Waals surface area contributed by atoms with Gasteiger partial charge in [-0.1, -0.05) is 30.3 Å². The molecule has 23 heavy (non-hydrogen) atoms. The van der Waals surface area contributed by atoms with E-state index >= 15 is 0 Å². The van der Waals surface area contributed by atoms with Crippen LogP contribution in [-0.4, -0.2) is 24.7 Å². The lowest BCUT2D eigenvalue weighted by Crippen LogP contribution is -2.41. The van der Waals surface area contributed by atoms with Gasteiger partial charge in [0.1, 0.15) is 0 Å². The molecule has 0 radical (unpaired) electrons. The van der Waals surface area contributed by atoms with E-state index in [1.807, 2.05) is 37.3 Å². The van der Waals surface area contributed by atoms with E-state index in [2.05, 4.69) is 0 Å². The highest BCUT2D eigenvalue weighted by atomic mass is 16.5. The van der Waals surface area contributed by atoms with Gasteiger partial charge in [-0.2, -0.15) is 0 Å². The summed E-state index contributed by atoms with van der Waals surface area (Å²) in [6, 6.07) is 12.9. The quantitative estimate of drug-likeness (QED) is 0.943. The molecule has 0 saturated carbocycles. The van der Waals surface area contributed by atoms with E-state index < -0.39 is 6.10 Å². The predicted octanol–water partition coefficient (Wildman–Crippen LogP) is 2.67. The molecule has 1 N–H and O–H groups in total. The number of methoxy groups -OCH3 is 1. The number of carbonyl (C=O) groups excluding carboxylic acids is 1. The van der Waals surface area contributed by atoms with Crippen molar-refractivity contribution in [3.05, 3.63) is 53.6 Å². The van der Waals surface area contributed by atoms with E-state index in [9.17, 15) is 9.90 Å². The zero-order chi connectivity index (χ0) is 16.4. The number of fused-ring (bicyclic) bond motifs is 1. The summed E-state index contributed by atoms with van der Waals surface area (Å²) < 4.78 is 11.4. The van der Waals surface area contributed by atoms with Crippen molar-refractivity contribution in [3.8, 4) is 11.5 Å². The Bertz CT molecular complexity index is 714. The van der Waals surface area contributed by atoms with Gasteiger partial charge < -0.3 is 19.5 Å². The maximum atomic E-state index is 12.8. The van der Waals surface area contributed by atoms with Gasteiger partial charge >= 0.3 is 0 Å². The third-order valence-corrected chi connectivity index (χ3v) is 3.93. The smallest absolute Gasteiger partial charge is 0.272 e. The highest BCUT2D eigenvalue weighted by Crippen LogP contribution is 2.45. The normalized spacial score (nSPS) is 16.7. The van der Waals surface area contributed by atoms with Crippen molar-refractivity contribution in [1.82, 2.24) is 0 Å². The zero-order valence-corrected chi connectivity index (χ0v) is 13.2. The summed E-state index contributed by atoms with van der Waals surface area (Å²) in [7, 11) is 1.55. The first-order valence-corrected chi connectivity index (χ1v) is 7.54. The van der Waals surface area contributed by atoms with Crippen molar-refractivity contribution in [3.63, 3.8) is 0 Å². The molecule has 0 spiro atoms. The molecule has 0 saturated heterocycles. The van der Waals surface area contributed by atoms with Crippen molar-refractivity contribution in [2.75, 3.05) is 18.6 Å². The van der Waals surface area contributed by atoms with Crippen molar-refractivity contribution >= 4 is 11.6 Å². The Morgan fingerprint density at radius 2 is 2.00 bits per heavy atom. The van der Waals surface area contributed by atoms with Gasteiger partial charge in [-0.05, 0) is 24.6 Å². The lowest BCUT2D eigenvalue weighted by atomic mass is 10.0. The average Bonchev–Trinajstić information content (AvgIpc) is 2.61. The lowest BCUT2D eigenvalue weighted by molar-refractivity contribution is -0.126. The van der Waals surface area contributed by atoms with Crippen LogP contribution in [0.2, 0.25) is 0 Å². The number of anilines is 1. The minimum absolute atomic E-state index is 0.122. The van der Waals surface area contributed by atoms with Gasteiger partial charge in [-0.15, -0.1) is 0 Å².